The van der Waals surface area contributed by atoms with Crippen molar-refractivity contribution in [3.63, 3.8) is 0 Å². The molecule has 0 spiro atoms. The van der Waals surface area contributed by atoms with E-state index in [0.29, 0.717) is 6.04 Å². The Bertz CT molecular complexity index is 135. The van der Waals surface area contributed by atoms with Crippen molar-refractivity contribution in [1.82, 2.24) is 10.2 Å². The van der Waals surface area contributed by atoms with Gasteiger partial charge in [0.1, 0.15) is 0 Å². The van der Waals surface area contributed by atoms with Gasteiger partial charge in [0, 0.05) is 6.04 Å². The van der Waals surface area contributed by atoms with E-state index >= 15 is 0 Å². The summed E-state index contributed by atoms with van der Waals surface area (Å²) in [5.41, 5.74) is 0. The molecule has 0 aliphatic rings. The molecule has 0 amide bonds. The predicted molar refractivity (Wildman–Crippen MR) is 74.0 cm³/mol. The average molecular weight is 228 g/mol. The number of nitrogens with zero attached hydrogens (tertiary/aromatic N) is 1. The number of hydrogen-bond acceptors (Lipinski definition) is 2. The summed E-state index contributed by atoms with van der Waals surface area (Å²) in [6, 6.07) is 0.716. The van der Waals surface area contributed by atoms with Crippen LogP contribution in [0.3, 0.4) is 0 Å². The summed E-state index contributed by atoms with van der Waals surface area (Å²) >= 11 is 0. The van der Waals surface area contributed by atoms with Crippen molar-refractivity contribution in [2.75, 3.05) is 27.7 Å². The first-order chi connectivity index (χ1) is 7.70. The van der Waals surface area contributed by atoms with Gasteiger partial charge in [0.25, 0.3) is 0 Å². The van der Waals surface area contributed by atoms with E-state index in [1.807, 2.05) is 0 Å². The Hall–Kier alpha value is -0.0800. The van der Waals surface area contributed by atoms with Gasteiger partial charge in [-0.2, -0.15) is 0 Å². The zero-order valence-electron chi connectivity index (χ0n) is 11.9. The minimum absolute atomic E-state index is 0.716. The van der Waals surface area contributed by atoms with Gasteiger partial charge in [0.15, 0.2) is 0 Å². The third-order valence-electron chi connectivity index (χ3n) is 3.24. The van der Waals surface area contributed by atoms with E-state index in [1.165, 1.54) is 57.9 Å². The largest absolute Gasteiger partial charge is 0.317 e. The molecule has 0 bridgehead atoms. The monoisotopic (exact) mass is 228 g/mol. The summed E-state index contributed by atoms with van der Waals surface area (Å²) in [4.78, 5) is 2.27. The molecule has 0 aliphatic carbocycles. The van der Waals surface area contributed by atoms with Gasteiger partial charge in [0.05, 0.1) is 0 Å². The summed E-state index contributed by atoms with van der Waals surface area (Å²) in [7, 11) is 6.40. The number of nitrogens with one attached hydrogen (secondary N) is 1. The van der Waals surface area contributed by atoms with Crippen LogP contribution in [0.25, 0.3) is 0 Å². The van der Waals surface area contributed by atoms with Gasteiger partial charge in [-0.1, -0.05) is 45.4 Å². The minimum Gasteiger partial charge on any atom is -0.317 e. The van der Waals surface area contributed by atoms with E-state index in [4.69, 9.17) is 0 Å². The summed E-state index contributed by atoms with van der Waals surface area (Å²) in [6.45, 7) is 3.47. The number of hydrogen-bond donors (Lipinski definition) is 1. The molecule has 98 valence electrons. The van der Waals surface area contributed by atoms with Crippen molar-refractivity contribution < 1.29 is 0 Å². The van der Waals surface area contributed by atoms with Crippen LogP contribution in [-0.4, -0.2) is 38.6 Å². The average Bonchev–Trinajstić information content (AvgIpc) is 2.27. The Morgan fingerprint density at radius 1 is 0.938 bits per heavy atom. The molecule has 0 aromatic heterocycles. The molecule has 0 fully saturated rings. The molecule has 1 unspecified atom stereocenters. The molecule has 16 heavy (non-hydrogen) atoms. The quantitative estimate of drug-likeness (QED) is 0.546. The van der Waals surface area contributed by atoms with Crippen molar-refractivity contribution in [3.05, 3.63) is 0 Å². The van der Waals surface area contributed by atoms with Crippen molar-refractivity contribution in [2.45, 2.75) is 64.3 Å². The zero-order chi connectivity index (χ0) is 12.2. The van der Waals surface area contributed by atoms with Crippen LogP contribution in [0.1, 0.15) is 58.3 Å². The lowest BCUT2D eigenvalue weighted by atomic mass is 10.0. The highest BCUT2D eigenvalue weighted by Gasteiger charge is 2.05. The standard InChI is InChI=1S/C14H32N2/c1-5-6-7-8-9-10-11-14(15-2)12-13-16(3)4/h14-15H,5-13H2,1-4H3. The van der Waals surface area contributed by atoms with E-state index in [9.17, 15) is 0 Å². The van der Waals surface area contributed by atoms with Gasteiger partial charge in [0.2, 0.25) is 0 Å². The molecule has 2 heteroatoms. The maximum Gasteiger partial charge on any atom is 0.00762 e. The zero-order valence-corrected chi connectivity index (χ0v) is 11.9. The molecule has 1 N–H and O–H groups in total. The van der Waals surface area contributed by atoms with Crippen LogP contribution in [0.4, 0.5) is 0 Å². The van der Waals surface area contributed by atoms with E-state index in [0.717, 1.165) is 0 Å². The predicted octanol–water partition coefficient (Wildman–Crippen LogP) is 3.28. The van der Waals surface area contributed by atoms with Crippen LogP contribution in [0.15, 0.2) is 0 Å². The molecular weight excluding hydrogens is 196 g/mol. The van der Waals surface area contributed by atoms with E-state index in [2.05, 4.69) is 38.3 Å². The summed E-state index contributed by atoms with van der Waals surface area (Å²) < 4.78 is 0. The van der Waals surface area contributed by atoms with Crippen LogP contribution < -0.4 is 5.32 Å². The first-order valence-electron chi connectivity index (χ1n) is 7.02. The fourth-order valence-electron chi connectivity index (χ4n) is 2.02. The SMILES string of the molecule is CCCCCCCCC(CCN(C)C)NC. The second kappa shape index (κ2) is 11.4. The van der Waals surface area contributed by atoms with Gasteiger partial charge in [-0.25, -0.2) is 0 Å². The topological polar surface area (TPSA) is 15.3 Å². The third kappa shape index (κ3) is 10.4. The Kier molecular flexibility index (Phi) is 11.3. The molecule has 0 radical (unpaired) electrons. The van der Waals surface area contributed by atoms with Crippen molar-refractivity contribution in [2.24, 2.45) is 0 Å². The lowest BCUT2D eigenvalue weighted by Crippen LogP contribution is -2.29. The number of unbranched alkanes of at least 4 members (excludes halogenated alkanes) is 5. The second-order valence-corrected chi connectivity index (χ2v) is 5.13. The van der Waals surface area contributed by atoms with Crippen molar-refractivity contribution in [1.29, 1.82) is 0 Å². The third-order valence-corrected chi connectivity index (χ3v) is 3.24. The van der Waals surface area contributed by atoms with E-state index < -0.39 is 0 Å². The lowest BCUT2D eigenvalue weighted by Gasteiger charge is -2.18. The molecule has 0 aromatic rings. The first-order valence-corrected chi connectivity index (χ1v) is 7.02. The van der Waals surface area contributed by atoms with E-state index in [1.54, 1.807) is 0 Å². The fraction of sp³-hybridized carbons (Fsp3) is 1.00. The summed E-state index contributed by atoms with van der Waals surface area (Å²) in [5.74, 6) is 0. The van der Waals surface area contributed by atoms with Crippen LogP contribution in [0.2, 0.25) is 0 Å². The van der Waals surface area contributed by atoms with Crippen molar-refractivity contribution >= 4 is 0 Å². The van der Waals surface area contributed by atoms with Crippen molar-refractivity contribution in [3.8, 4) is 0 Å². The van der Waals surface area contributed by atoms with Gasteiger partial charge in [-0.3, -0.25) is 0 Å². The molecule has 0 saturated heterocycles. The normalized spacial score (nSPS) is 13.3. The van der Waals surface area contributed by atoms with Gasteiger partial charge >= 0.3 is 0 Å². The molecular formula is C14H32N2. The first kappa shape index (κ1) is 15.9. The summed E-state index contributed by atoms with van der Waals surface area (Å²) in [5, 5.41) is 3.43. The van der Waals surface area contributed by atoms with E-state index in [-0.39, 0.29) is 0 Å². The Labute approximate surface area is 103 Å². The molecule has 2 nitrogen and oxygen atoms in total. The maximum atomic E-state index is 3.43. The maximum absolute atomic E-state index is 3.43. The summed E-state index contributed by atoms with van der Waals surface area (Å²) in [6.07, 6.45) is 11.0. The highest BCUT2D eigenvalue weighted by atomic mass is 15.1. The molecule has 1 atom stereocenters. The highest BCUT2D eigenvalue weighted by molar-refractivity contribution is 4.66. The highest BCUT2D eigenvalue weighted by Crippen LogP contribution is 2.10. The smallest absolute Gasteiger partial charge is 0.00762 e. The van der Waals surface area contributed by atoms with Crippen LogP contribution in [-0.2, 0) is 0 Å². The van der Waals surface area contributed by atoms with Crippen LogP contribution in [0, 0.1) is 0 Å². The molecule has 0 saturated carbocycles. The second-order valence-electron chi connectivity index (χ2n) is 5.13. The Morgan fingerprint density at radius 3 is 2.12 bits per heavy atom. The van der Waals surface area contributed by atoms with Crippen LogP contribution in [0.5, 0.6) is 0 Å². The Balaban J connectivity index is 3.33. The minimum atomic E-state index is 0.716. The van der Waals surface area contributed by atoms with Crippen LogP contribution >= 0.6 is 0 Å². The van der Waals surface area contributed by atoms with Gasteiger partial charge in [-0.15, -0.1) is 0 Å². The Morgan fingerprint density at radius 2 is 1.56 bits per heavy atom. The molecule has 0 aliphatic heterocycles. The lowest BCUT2D eigenvalue weighted by molar-refractivity contribution is 0.352. The molecule has 0 rings (SSSR count). The van der Waals surface area contributed by atoms with Gasteiger partial charge in [-0.05, 0) is 40.5 Å². The fourth-order valence-corrected chi connectivity index (χ4v) is 2.02. The molecule has 0 heterocycles. The number of rotatable bonds is 11. The van der Waals surface area contributed by atoms with Gasteiger partial charge < -0.3 is 10.2 Å². The molecule has 0 aromatic carbocycles.